The highest BCUT2D eigenvalue weighted by Gasteiger charge is 2.29. The first kappa shape index (κ1) is 21.1. The van der Waals surface area contributed by atoms with Gasteiger partial charge in [-0.3, -0.25) is 4.79 Å². The van der Waals surface area contributed by atoms with Crippen molar-refractivity contribution in [3.05, 3.63) is 36.7 Å². The highest BCUT2D eigenvalue weighted by atomic mass is 16.5. The van der Waals surface area contributed by atoms with Crippen LogP contribution in [0, 0.1) is 5.92 Å². The van der Waals surface area contributed by atoms with E-state index in [-0.39, 0.29) is 17.9 Å². The number of benzene rings is 1. The molecule has 0 bridgehead atoms. The smallest absolute Gasteiger partial charge is 0.241 e. The molecule has 2 aromatic heterocycles. The number of imidazole rings is 1. The predicted octanol–water partition coefficient (Wildman–Crippen LogP) is 2.32. The zero-order valence-corrected chi connectivity index (χ0v) is 18.3. The van der Waals surface area contributed by atoms with Gasteiger partial charge >= 0.3 is 0 Å². The molecular weight excluding hydrogens is 392 g/mol. The number of hydrogen-bond acceptors (Lipinski definition) is 6. The maximum absolute atomic E-state index is 11.6. The fraction of sp³-hybridized carbons (Fsp3) is 0.435. The van der Waals surface area contributed by atoms with Crippen molar-refractivity contribution in [1.29, 1.82) is 0 Å². The summed E-state index contributed by atoms with van der Waals surface area (Å²) in [5.41, 5.74) is 10.4. The van der Waals surface area contributed by atoms with Crippen LogP contribution in [0.15, 0.2) is 36.7 Å². The van der Waals surface area contributed by atoms with E-state index in [0.717, 1.165) is 41.1 Å². The van der Waals surface area contributed by atoms with Gasteiger partial charge in [-0.1, -0.05) is 12.1 Å². The Kier molecular flexibility index (Phi) is 6.08. The van der Waals surface area contributed by atoms with Gasteiger partial charge in [0.15, 0.2) is 0 Å². The van der Waals surface area contributed by atoms with Crippen molar-refractivity contribution in [3.63, 3.8) is 0 Å². The van der Waals surface area contributed by atoms with Crippen LogP contribution in [0.2, 0.25) is 0 Å². The standard InChI is InChI=1S/C23H30N6O2/c1-4-29(10-9-24)18-7-5-16(6-8-18)19-12-20-22(28(3)14-26-20)23(27-19)31-15(2)17-11-21(30)25-13-17/h5-8,12,14-15,17H,4,9-11,13,24H2,1-3H3,(H,25,30)/t15-,17-/m1/s1. The number of rotatable bonds is 8. The van der Waals surface area contributed by atoms with Crippen LogP contribution in [0.1, 0.15) is 20.3 Å². The number of hydrogen-bond donors (Lipinski definition) is 2. The van der Waals surface area contributed by atoms with Crippen LogP contribution in [0.4, 0.5) is 5.69 Å². The van der Waals surface area contributed by atoms with E-state index in [4.69, 9.17) is 15.5 Å². The number of likely N-dealkylation sites (N-methyl/N-ethyl adjacent to an activating group) is 1. The minimum Gasteiger partial charge on any atom is -0.473 e. The predicted molar refractivity (Wildman–Crippen MR) is 122 cm³/mol. The molecule has 0 spiro atoms. The van der Waals surface area contributed by atoms with E-state index in [9.17, 15) is 4.79 Å². The molecule has 0 saturated carbocycles. The number of ether oxygens (including phenoxy) is 1. The number of nitrogens with one attached hydrogen (secondary N) is 1. The van der Waals surface area contributed by atoms with E-state index in [1.165, 1.54) is 0 Å². The zero-order valence-electron chi connectivity index (χ0n) is 18.3. The van der Waals surface area contributed by atoms with Crippen LogP contribution in [-0.2, 0) is 11.8 Å². The van der Waals surface area contributed by atoms with Crippen molar-refractivity contribution in [2.45, 2.75) is 26.4 Å². The summed E-state index contributed by atoms with van der Waals surface area (Å²) in [5.74, 6) is 0.744. The number of pyridine rings is 1. The number of anilines is 1. The Hall–Kier alpha value is -3.13. The van der Waals surface area contributed by atoms with E-state index in [1.54, 1.807) is 6.33 Å². The highest BCUT2D eigenvalue weighted by molar-refractivity contribution is 5.84. The van der Waals surface area contributed by atoms with Gasteiger partial charge in [0.05, 0.1) is 17.5 Å². The minimum absolute atomic E-state index is 0.0729. The molecule has 31 heavy (non-hydrogen) atoms. The quantitative estimate of drug-likeness (QED) is 0.578. The number of nitrogens with two attached hydrogens (primary N) is 1. The molecule has 1 aliphatic heterocycles. The lowest BCUT2D eigenvalue weighted by Crippen LogP contribution is -2.28. The van der Waals surface area contributed by atoms with E-state index in [2.05, 4.69) is 46.4 Å². The summed E-state index contributed by atoms with van der Waals surface area (Å²) in [6.07, 6.45) is 2.10. The number of aryl methyl sites for hydroxylation is 1. The second-order valence-electron chi connectivity index (χ2n) is 8.04. The van der Waals surface area contributed by atoms with E-state index in [1.807, 2.05) is 24.6 Å². The molecule has 0 unspecified atom stereocenters. The van der Waals surface area contributed by atoms with Crippen molar-refractivity contribution >= 4 is 22.6 Å². The van der Waals surface area contributed by atoms with Gasteiger partial charge in [-0.2, -0.15) is 0 Å². The second-order valence-corrected chi connectivity index (χ2v) is 8.04. The number of carbonyl (C=O) groups is 1. The van der Waals surface area contributed by atoms with Crippen molar-refractivity contribution in [3.8, 4) is 17.1 Å². The number of fused-ring (bicyclic) bond motifs is 1. The van der Waals surface area contributed by atoms with Gasteiger partial charge in [0.2, 0.25) is 11.8 Å². The lowest BCUT2D eigenvalue weighted by Gasteiger charge is -2.22. The molecule has 0 aliphatic carbocycles. The summed E-state index contributed by atoms with van der Waals surface area (Å²) in [7, 11) is 1.93. The van der Waals surface area contributed by atoms with Gasteiger partial charge in [0.1, 0.15) is 11.6 Å². The first-order valence-corrected chi connectivity index (χ1v) is 10.8. The van der Waals surface area contributed by atoms with E-state index in [0.29, 0.717) is 25.4 Å². The maximum Gasteiger partial charge on any atom is 0.241 e. The Bertz CT molecular complexity index is 1060. The fourth-order valence-electron chi connectivity index (χ4n) is 4.07. The van der Waals surface area contributed by atoms with Crippen molar-refractivity contribution in [2.24, 2.45) is 18.7 Å². The molecule has 0 radical (unpaired) electrons. The topological polar surface area (TPSA) is 98.3 Å². The van der Waals surface area contributed by atoms with Gasteiger partial charge in [-0.25, -0.2) is 9.97 Å². The summed E-state index contributed by atoms with van der Waals surface area (Å²) in [5, 5.41) is 2.88. The van der Waals surface area contributed by atoms with Gasteiger partial charge in [-0.05, 0) is 32.0 Å². The van der Waals surface area contributed by atoms with Gasteiger partial charge < -0.3 is 25.3 Å². The molecule has 3 aromatic rings. The molecule has 1 aromatic carbocycles. The van der Waals surface area contributed by atoms with Crippen LogP contribution in [-0.4, -0.2) is 52.7 Å². The summed E-state index contributed by atoms with van der Waals surface area (Å²) < 4.78 is 8.20. The molecule has 8 nitrogen and oxygen atoms in total. The third-order valence-corrected chi connectivity index (χ3v) is 5.94. The Morgan fingerprint density at radius 1 is 1.35 bits per heavy atom. The molecule has 1 saturated heterocycles. The molecule has 3 N–H and O–H groups in total. The SMILES string of the molecule is CCN(CCN)c1ccc(-c2cc3ncn(C)c3c(O[C@H](C)[C@H]3CNC(=O)C3)n2)cc1. The molecule has 1 aliphatic rings. The molecule has 3 heterocycles. The third kappa shape index (κ3) is 4.34. The second kappa shape index (κ2) is 8.93. The fourth-order valence-corrected chi connectivity index (χ4v) is 4.07. The normalized spacial score (nSPS) is 17.0. The average molecular weight is 423 g/mol. The number of amides is 1. The summed E-state index contributed by atoms with van der Waals surface area (Å²) in [4.78, 5) is 23.2. The molecule has 164 valence electrons. The van der Waals surface area contributed by atoms with Crippen LogP contribution in [0.5, 0.6) is 5.88 Å². The molecule has 1 fully saturated rings. The molecule has 8 heteroatoms. The highest BCUT2D eigenvalue weighted by Crippen LogP contribution is 2.31. The van der Waals surface area contributed by atoms with Crippen LogP contribution in [0.3, 0.4) is 0 Å². The molecular formula is C23H30N6O2. The minimum atomic E-state index is -0.142. The Morgan fingerprint density at radius 2 is 2.13 bits per heavy atom. The van der Waals surface area contributed by atoms with E-state index >= 15 is 0 Å². The van der Waals surface area contributed by atoms with Crippen LogP contribution < -0.4 is 20.7 Å². The number of aromatic nitrogens is 3. The van der Waals surface area contributed by atoms with Crippen molar-refractivity contribution in [1.82, 2.24) is 19.9 Å². The van der Waals surface area contributed by atoms with Crippen LogP contribution in [0.25, 0.3) is 22.3 Å². The maximum atomic E-state index is 11.6. The Labute approximate surface area is 182 Å². The average Bonchev–Trinajstić information content (AvgIpc) is 3.38. The summed E-state index contributed by atoms with van der Waals surface area (Å²) >= 11 is 0. The monoisotopic (exact) mass is 422 g/mol. The lowest BCUT2D eigenvalue weighted by atomic mass is 10.0. The first-order valence-electron chi connectivity index (χ1n) is 10.8. The lowest BCUT2D eigenvalue weighted by molar-refractivity contribution is -0.119. The molecule has 2 atom stereocenters. The van der Waals surface area contributed by atoms with Gasteiger partial charge in [-0.15, -0.1) is 0 Å². The Balaban J connectivity index is 1.65. The number of nitrogens with zero attached hydrogens (tertiary/aromatic N) is 4. The largest absolute Gasteiger partial charge is 0.473 e. The zero-order chi connectivity index (χ0) is 22.0. The van der Waals surface area contributed by atoms with Crippen molar-refractivity contribution < 1.29 is 9.53 Å². The van der Waals surface area contributed by atoms with Crippen molar-refractivity contribution in [2.75, 3.05) is 31.1 Å². The Morgan fingerprint density at radius 3 is 2.77 bits per heavy atom. The molecule has 4 rings (SSSR count). The summed E-state index contributed by atoms with van der Waals surface area (Å²) in [6.45, 7) is 7.10. The van der Waals surface area contributed by atoms with E-state index < -0.39 is 0 Å². The van der Waals surface area contributed by atoms with Gasteiger partial charge in [0, 0.05) is 56.8 Å². The first-order chi connectivity index (χ1) is 15.0. The van der Waals surface area contributed by atoms with Gasteiger partial charge in [0.25, 0.3) is 0 Å². The third-order valence-electron chi connectivity index (χ3n) is 5.94. The summed E-state index contributed by atoms with van der Waals surface area (Å²) in [6, 6.07) is 10.3. The number of carbonyl (C=O) groups excluding carboxylic acids is 1. The molecule has 1 amide bonds. The van der Waals surface area contributed by atoms with Crippen LogP contribution >= 0.6 is 0 Å².